The van der Waals surface area contributed by atoms with E-state index in [9.17, 15) is 10.1 Å². The lowest BCUT2D eigenvalue weighted by molar-refractivity contribution is -0.385. The van der Waals surface area contributed by atoms with Gasteiger partial charge in [-0.05, 0) is 18.9 Å². The molecule has 0 saturated heterocycles. The van der Waals surface area contributed by atoms with Crippen molar-refractivity contribution in [1.29, 1.82) is 0 Å². The van der Waals surface area contributed by atoms with Gasteiger partial charge < -0.3 is 0 Å². The lowest BCUT2D eigenvalue weighted by Gasteiger charge is -2.07. The minimum atomic E-state index is -0.419. The second-order valence-corrected chi connectivity index (χ2v) is 3.97. The molecule has 0 aliphatic heterocycles. The van der Waals surface area contributed by atoms with E-state index < -0.39 is 4.92 Å². The molecule has 1 rings (SSSR count). The molecule has 0 spiro atoms. The number of hydrogen-bond acceptors (Lipinski definition) is 3. The van der Waals surface area contributed by atoms with Gasteiger partial charge in [0.25, 0.3) is 5.69 Å². The van der Waals surface area contributed by atoms with Crippen LogP contribution in [0, 0.1) is 10.1 Å². The summed E-state index contributed by atoms with van der Waals surface area (Å²) in [5, 5.41) is 10.6. The van der Waals surface area contributed by atoms with Crippen molar-refractivity contribution < 1.29 is 4.92 Å². The molecular formula is C10H13ClN2O2. The largest absolute Gasteiger partial charge is 0.290 e. The summed E-state index contributed by atoms with van der Waals surface area (Å²) in [6.07, 6.45) is 5.19. The number of hydrogen-bond donors (Lipinski definition) is 0. The molecule has 0 N–H and O–H groups in total. The van der Waals surface area contributed by atoms with Crippen LogP contribution in [0.2, 0.25) is 0 Å². The average Bonchev–Trinajstić information content (AvgIpc) is 2.18. The SMILES string of the molecule is CCCC(Cl)Cc1ccncc1[N+](=O)[O-]. The van der Waals surface area contributed by atoms with Gasteiger partial charge in [0, 0.05) is 17.1 Å². The van der Waals surface area contributed by atoms with Gasteiger partial charge in [-0.2, -0.15) is 0 Å². The molecule has 0 fully saturated rings. The van der Waals surface area contributed by atoms with E-state index in [1.54, 1.807) is 12.3 Å². The van der Waals surface area contributed by atoms with Crippen LogP contribution in [0.25, 0.3) is 0 Å². The summed E-state index contributed by atoms with van der Waals surface area (Å²) in [6.45, 7) is 2.04. The Morgan fingerprint density at radius 3 is 3.00 bits per heavy atom. The number of nitro groups is 1. The molecule has 0 amide bonds. The molecule has 1 atom stereocenters. The summed E-state index contributed by atoms with van der Waals surface area (Å²) in [7, 11) is 0. The van der Waals surface area contributed by atoms with E-state index >= 15 is 0 Å². The zero-order valence-corrected chi connectivity index (χ0v) is 9.28. The maximum Gasteiger partial charge on any atom is 0.290 e. The first-order valence-corrected chi connectivity index (χ1v) is 5.30. The molecule has 1 heterocycles. The molecule has 82 valence electrons. The van der Waals surface area contributed by atoms with Crippen LogP contribution < -0.4 is 0 Å². The standard InChI is InChI=1S/C10H13ClN2O2/c1-2-3-9(11)6-8-4-5-12-7-10(8)13(14)15/h4-5,7,9H,2-3,6H2,1H3. The van der Waals surface area contributed by atoms with E-state index in [1.807, 2.05) is 6.92 Å². The zero-order valence-electron chi connectivity index (χ0n) is 8.52. The Bertz CT molecular complexity index is 344. The molecule has 0 aliphatic carbocycles. The van der Waals surface area contributed by atoms with Gasteiger partial charge >= 0.3 is 0 Å². The van der Waals surface area contributed by atoms with Crippen molar-refractivity contribution in [3.63, 3.8) is 0 Å². The number of pyridine rings is 1. The van der Waals surface area contributed by atoms with Crippen molar-refractivity contribution in [1.82, 2.24) is 4.98 Å². The Labute approximate surface area is 93.4 Å². The monoisotopic (exact) mass is 228 g/mol. The van der Waals surface area contributed by atoms with Crippen LogP contribution in [0.15, 0.2) is 18.5 Å². The fourth-order valence-corrected chi connectivity index (χ4v) is 1.79. The van der Waals surface area contributed by atoms with Gasteiger partial charge in [-0.25, -0.2) is 0 Å². The van der Waals surface area contributed by atoms with E-state index in [0.29, 0.717) is 12.0 Å². The summed E-state index contributed by atoms with van der Waals surface area (Å²) in [6, 6.07) is 1.66. The van der Waals surface area contributed by atoms with Crippen LogP contribution in [-0.2, 0) is 6.42 Å². The highest BCUT2D eigenvalue weighted by molar-refractivity contribution is 6.20. The highest BCUT2D eigenvalue weighted by Gasteiger charge is 2.15. The highest BCUT2D eigenvalue weighted by atomic mass is 35.5. The third-order valence-electron chi connectivity index (χ3n) is 2.13. The van der Waals surface area contributed by atoms with Crippen molar-refractivity contribution in [2.75, 3.05) is 0 Å². The Morgan fingerprint density at radius 2 is 2.40 bits per heavy atom. The number of alkyl halides is 1. The number of aromatic nitrogens is 1. The third kappa shape index (κ3) is 3.47. The molecule has 1 aromatic rings. The lowest BCUT2D eigenvalue weighted by atomic mass is 10.1. The third-order valence-corrected chi connectivity index (χ3v) is 2.50. The topological polar surface area (TPSA) is 56.0 Å². The van der Waals surface area contributed by atoms with Crippen molar-refractivity contribution in [3.05, 3.63) is 34.1 Å². The first-order chi connectivity index (χ1) is 7.15. The molecule has 0 aromatic carbocycles. The fourth-order valence-electron chi connectivity index (χ4n) is 1.41. The van der Waals surface area contributed by atoms with Crippen LogP contribution in [-0.4, -0.2) is 15.3 Å². The zero-order chi connectivity index (χ0) is 11.3. The lowest BCUT2D eigenvalue weighted by Crippen LogP contribution is -2.05. The molecular weight excluding hydrogens is 216 g/mol. The molecule has 4 nitrogen and oxygen atoms in total. The van der Waals surface area contributed by atoms with Crippen LogP contribution in [0.3, 0.4) is 0 Å². The van der Waals surface area contributed by atoms with E-state index in [1.165, 1.54) is 6.20 Å². The van der Waals surface area contributed by atoms with Crippen LogP contribution >= 0.6 is 11.6 Å². The molecule has 0 radical (unpaired) electrons. The molecule has 0 aliphatic rings. The summed E-state index contributed by atoms with van der Waals surface area (Å²) in [5.74, 6) is 0. The number of nitrogens with zero attached hydrogens (tertiary/aromatic N) is 2. The second-order valence-electron chi connectivity index (χ2n) is 3.35. The Balaban J connectivity index is 2.79. The predicted molar refractivity (Wildman–Crippen MR) is 59.1 cm³/mol. The summed E-state index contributed by atoms with van der Waals surface area (Å²) in [4.78, 5) is 14.0. The summed E-state index contributed by atoms with van der Waals surface area (Å²) in [5.41, 5.74) is 0.711. The van der Waals surface area contributed by atoms with Crippen LogP contribution in [0.5, 0.6) is 0 Å². The van der Waals surface area contributed by atoms with Crippen molar-refractivity contribution in [3.8, 4) is 0 Å². The Morgan fingerprint density at radius 1 is 1.67 bits per heavy atom. The molecule has 0 bridgehead atoms. The van der Waals surface area contributed by atoms with Gasteiger partial charge in [0.05, 0.1) is 4.92 Å². The van der Waals surface area contributed by atoms with Gasteiger partial charge in [0.15, 0.2) is 0 Å². The van der Waals surface area contributed by atoms with Crippen molar-refractivity contribution in [2.24, 2.45) is 0 Å². The average molecular weight is 229 g/mol. The molecule has 0 saturated carbocycles. The molecule has 5 heteroatoms. The summed E-state index contributed by atoms with van der Waals surface area (Å²) < 4.78 is 0. The maximum atomic E-state index is 10.7. The molecule has 1 unspecified atom stereocenters. The smallest absolute Gasteiger partial charge is 0.258 e. The van der Waals surface area contributed by atoms with Gasteiger partial charge in [-0.15, -0.1) is 11.6 Å². The van der Waals surface area contributed by atoms with Crippen molar-refractivity contribution >= 4 is 17.3 Å². The number of rotatable bonds is 5. The Hall–Kier alpha value is -1.16. The minimum Gasteiger partial charge on any atom is -0.258 e. The van der Waals surface area contributed by atoms with Gasteiger partial charge in [-0.1, -0.05) is 13.3 Å². The van der Waals surface area contributed by atoms with Gasteiger partial charge in [0.1, 0.15) is 6.20 Å². The summed E-state index contributed by atoms with van der Waals surface area (Å²) >= 11 is 6.05. The molecule has 1 aromatic heterocycles. The fraction of sp³-hybridized carbons (Fsp3) is 0.500. The van der Waals surface area contributed by atoms with E-state index in [-0.39, 0.29) is 11.1 Å². The van der Waals surface area contributed by atoms with Crippen molar-refractivity contribution in [2.45, 2.75) is 31.6 Å². The van der Waals surface area contributed by atoms with E-state index in [2.05, 4.69) is 4.98 Å². The van der Waals surface area contributed by atoms with Crippen LogP contribution in [0.1, 0.15) is 25.3 Å². The predicted octanol–water partition coefficient (Wildman–Crippen LogP) is 2.94. The maximum absolute atomic E-state index is 10.7. The first kappa shape index (κ1) is 11.9. The quantitative estimate of drug-likeness (QED) is 0.442. The molecule has 15 heavy (non-hydrogen) atoms. The highest BCUT2D eigenvalue weighted by Crippen LogP contribution is 2.21. The number of halogens is 1. The first-order valence-electron chi connectivity index (χ1n) is 4.86. The van der Waals surface area contributed by atoms with Gasteiger partial charge in [-0.3, -0.25) is 15.1 Å². The van der Waals surface area contributed by atoms with E-state index in [4.69, 9.17) is 11.6 Å². The normalized spacial score (nSPS) is 12.4. The van der Waals surface area contributed by atoms with Crippen LogP contribution in [0.4, 0.5) is 5.69 Å². The van der Waals surface area contributed by atoms with E-state index in [0.717, 1.165) is 12.8 Å². The second kappa shape index (κ2) is 5.66. The van der Waals surface area contributed by atoms with Gasteiger partial charge in [0.2, 0.25) is 0 Å². The minimum absolute atomic E-state index is 0.0453. The Kier molecular flexibility index (Phi) is 4.49.